The maximum absolute atomic E-state index is 12.2. The summed E-state index contributed by atoms with van der Waals surface area (Å²) in [5.74, 6) is 1.10. The van der Waals surface area contributed by atoms with Gasteiger partial charge in [-0.15, -0.1) is 0 Å². The molecule has 1 N–H and O–H groups in total. The molecule has 2 aromatic rings. The highest BCUT2D eigenvalue weighted by molar-refractivity contribution is 6.02. The van der Waals surface area contributed by atoms with Crippen LogP contribution in [0.3, 0.4) is 0 Å². The van der Waals surface area contributed by atoms with Crippen molar-refractivity contribution in [2.75, 3.05) is 33.1 Å². The smallest absolute Gasteiger partial charge is 0.248 e. The number of likely N-dealkylation sites (N-methyl/N-ethyl adjacent to an activating group) is 1. The second-order valence-electron chi connectivity index (χ2n) is 6.74. The van der Waals surface area contributed by atoms with Crippen molar-refractivity contribution in [2.45, 2.75) is 19.8 Å². The summed E-state index contributed by atoms with van der Waals surface area (Å²) >= 11 is 0. The van der Waals surface area contributed by atoms with Crippen molar-refractivity contribution in [3.8, 4) is 11.5 Å². The molecule has 0 heterocycles. The van der Waals surface area contributed by atoms with E-state index in [-0.39, 0.29) is 11.8 Å². The number of carbonyl (C=O) groups is 2. The topological polar surface area (TPSA) is 67.9 Å². The van der Waals surface area contributed by atoms with Crippen molar-refractivity contribution >= 4 is 23.6 Å². The Morgan fingerprint density at radius 1 is 1.07 bits per heavy atom. The summed E-state index contributed by atoms with van der Waals surface area (Å²) in [5.41, 5.74) is 2.40. The Bertz CT molecular complexity index is 858. The number of carbonyl (C=O) groups excluding carboxylic acids is 2. The molecule has 0 aliphatic heterocycles. The first kappa shape index (κ1) is 22.0. The van der Waals surface area contributed by atoms with Gasteiger partial charge in [-0.2, -0.15) is 0 Å². The summed E-state index contributed by atoms with van der Waals surface area (Å²) in [6.45, 7) is 2.66. The Labute approximate surface area is 172 Å². The number of amides is 2. The molecule has 0 aliphatic rings. The van der Waals surface area contributed by atoms with Crippen LogP contribution >= 0.6 is 0 Å². The minimum atomic E-state index is -0.243. The van der Waals surface area contributed by atoms with Gasteiger partial charge in [-0.25, -0.2) is 0 Å². The van der Waals surface area contributed by atoms with E-state index in [0.29, 0.717) is 30.2 Å². The standard InChI is InChI=1S/C23H28N2O4/c1-5-14-29-20-12-8-17(15-21(20)28-4)9-13-22(26)24-19-10-6-18(7-11-19)16-23(27)25(2)3/h6-13,15H,5,14,16H2,1-4H3,(H,24,26)/b13-9+. The summed E-state index contributed by atoms with van der Waals surface area (Å²) in [7, 11) is 5.04. The minimum Gasteiger partial charge on any atom is -0.493 e. The third-order valence-electron chi connectivity index (χ3n) is 4.15. The normalized spacial score (nSPS) is 10.6. The highest BCUT2D eigenvalue weighted by Crippen LogP contribution is 2.28. The largest absolute Gasteiger partial charge is 0.493 e. The van der Waals surface area contributed by atoms with Crippen LogP contribution in [0, 0.1) is 0 Å². The third kappa shape index (κ3) is 6.99. The lowest BCUT2D eigenvalue weighted by Gasteiger charge is -2.10. The van der Waals surface area contributed by atoms with E-state index < -0.39 is 0 Å². The zero-order chi connectivity index (χ0) is 21.2. The van der Waals surface area contributed by atoms with E-state index in [2.05, 4.69) is 5.32 Å². The number of rotatable bonds is 9. The lowest BCUT2D eigenvalue weighted by Crippen LogP contribution is -2.23. The van der Waals surface area contributed by atoms with Gasteiger partial charge >= 0.3 is 0 Å². The van der Waals surface area contributed by atoms with Crippen molar-refractivity contribution in [3.05, 3.63) is 59.7 Å². The zero-order valence-electron chi connectivity index (χ0n) is 17.4. The molecule has 0 fully saturated rings. The number of ether oxygens (including phenoxy) is 2. The number of benzene rings is 2. The van der Waals surface area contributed by atoms with Crippen LogP contribution in [-0.4, -0.2) is 44.5 Å². The zero-order valence-corrected chi connectivity index (χ0v) is 17.4. The number of anilines is 1. The van der Waals surface area contributed by atoms with Gasteiger partial charge in [-0.1, -0.05) is 25.1 Å². The SMILES string of the molecule is CCCOc1ccc(/C=C/C(=O)Nc2ccc(CC(=O)N(C)C)cc2)cc1OC. The molecular formula is C23H28N2O4. The summed E-state index contributed by atoms with van der Waals surface area (Å²) in [6.07, 6.45) is 4.43. The predicted molar refractivity (Wildman–Crippen MR) is 115 cm³/mol. The lowest BCUT2D eigenvalue weighted by atomic mass is 10.1. The summed E-state index contributed by atoms with van der Waals surface area (Å²) < 4.78 is 11.0. The van der Waals surface area contributed by atoms with E-state index >= 15 is 0 Å². The van der Waals surface area contributed by atoms with E-state index in [1.54, 1.807) is 44.3 Å². The van der Waals surface area contributed by atoms with Crippen LogP contribution in [-0.2, 0) is 16.0 Å². The highest BCUT2D eigenvalue weighted by atomic mass is 16.5. The molecule has 0 unspecified atom stereocenters. The number of hydrogen-bond donors (Lipinski definition) is 1. The van der Waals surface area contributed by atoms with Gasteiger partial charge in [0.05, 0.1) is 20.1 Å². The fraction of sp³-hybridized carbons (Fsp3) is 0.304. The van der Waals surface area contributed by atoms with Crippen LogP contribution in [0.15, 0.2) is 48.5 Å². The van der Waals surface area contributed by atoms with Crippen molar-refractivity contribution in [2.24, 2.45) is 0 Å². The number of nitrogens with zero attached hydrogens (tertiary/aromatic N) is 1. The number of hydrogen-bond acceptors (Lipinski definition) is 4. The molecular weight excluding hydrogens is 368 g/mol. The van der Waals surface area contributed by atoms with Crippen LogP contribution in [0.4, 0.5) is 5.69 Å². The average Bonchev–Trinajstić information content (AvgIpc) is 2.72. The Balaban J connectivity index is 1.96. The van der Waals surface area contributed by atoms with E-state index in [1.165, 1.54) is 6.08 Å². The monoisotopic (exact) mass is 396 g/mol. The number of nitrogens with one attached hydrogen (secondary N) is 1. The second kappa shape index (κ2) is 10.9. The summed E-state index contributed by atoms with van der Waals surface area (Å²) in [5, 5.41) is 2.81. The molecule has 6 heteroatoms. The van der Waals surface area contributed by atoms with Crippen LogP contribution in [0.5, 0.6) is 11.5 Å². The predicted octanol–water partition coefficient (Wildman–Crippen LogP) is 3.77. The quantitative estimate of drug-likeness (QED) is 0.655. The van der Waals surface area contributed by atoms with E-state index in [4.69, 9.17) is 9.47 Å². The van der Waals surface area contributed by atoms with Gasteiger partial charge < -0.3 is 19.7 Å². The molecule has 29 heavy (non-hydrogen) atoms. The molecule has 0 saturated carbocycles. The van der Waals surface area contributed by atoms with E-state index in [9.17, 15) is 9.59 Å². The lowest BCUT2D eigenvalue weighted by molar-refractivity contribution is -0.128. The van der Waals surface area contributed by atoms with E-state index in [1.807, 2.05) is 37.3 Å². The van der Waals surface area contributed by atoms with Crippen molar-refractivity contribution in [1.82, 2.24) is 4.90 Å². The summed E-state index contributed by atoms with van der Waals surface area (Å²) in [6, 6.07) is 12.8. The molecule has 0 aliphatic carbocycles. The van der Waals surface area contributed by atoms with Gasteiger partial charge in [0.25, 0.3) is 0 Å². The molecule has 0 saturated heterocycles. The molecule has 6 nitrogen and oxygen atoms in total. The molecule has 0 aromatic heterocycles. The second-order valence-corrected chi connectivity index (χ2v) is 6.74. The van der Waals surface area contributed by atoms with Gasteiger partial charge in [0, 0.05) is 25.9 Å². The number of methoxy groups -OCH3 is 1. The molecule has 2 aromatic carbocycles. The Kier molecular flexibility index (Phi) is 8.27. The van der Waals surface area contributed by atoms with Crippen molar-refractivity contribution in [1.29, 1.82) is 0 Å². The average molecular weight is 396 g/mol. The molecule has 0 bridgehead atoms. The Morgan fingerprint density at radius 2 is 1.79 bits per heavy atom. The fourth-order valence-corrected chi connectivity index (χ4v) is 2.51. The van der Waals surface area contributed by atoms with E-state index in [0.717, 1.165) is 17.5 Å². The molecule has 0 spiro atoms. The molecule has 0 atom stereocenters. The van der Waals surface area contributed by atoms with Crippen LogP contribution in [0.2, 0.25) is 0 Å². The van der Waals surface area contributed by atoms with Crippen LogP contribution in [0.1, 0.15) is 24.5 Å². The van der Waals surface area contributed by atoms with Gasteiger partial charge in [0.1, 0.15) is 0 Å². The van der Waals surface area contributed by atoms with Gasteiger partial charge in [0.15, 0.2) is 11.5 Å². The third-order valence-corrected chi connectivity index (χ3v) is 4.15. The van der Waals surface area contributed by atoms with Gasteiger partial charge in [-0.05, 0) is 47.9 Å². The first-order chi connectivity index (χ1) is 13.9. The highest BCUT2D eigenvalue weighted by Gasteiger charge is 2.07. The van der Waals surface area contributed by atoms with Crippen LogP contribution < -0.4 is 14.8 Å². The first-order valence-corrected chi connectivity index (χ1v) is 9.52. The minimum absolute atomic E-state index is 0.0336. The van der Waals surface area contributed by atoms with Gasteiger partial charge in [-0.3, -0.25) is 9.59 Å². The molecule has 2 rings (SSSR count). The maximum atomic E-state index is 12.2. The Morgan fingerprint density at radius 3 is 2.41 bits per heavy atom. The molecule has 2 amide bonds. The van der Waals surface area contributed by atoms with Crippen molar-refractivity contribution < 1.29 is 19.1 Å². The molecule has 0 radical (unpaired) electrons. The first-order valence-electron chi connectivity index (χ1n) is 9.52. The fourth-order valence-electron chi connectivity index (χ4n) is 2.51. The summed E-state index contributed by atoms with van der Waals surface area (Å²) in [4.78, 5) is 25.5. The maximum Gasteiger partial charge on any atom is 0.248 e. The van der Waals surface area contributed by atoms with Gasteiger partial charge in [0.2, 0.25) is 11.8 Å². The Hall–Kier alpha value is -3.28. The van der Waals surface area contributed by atoms with Crippen LogP contribution in [0.25, 0.3) is 6.08 Å². The molecule has 154 valence electrons. The van der Waals surface area contributed by atoms with Crippen molar-refractivity contribution in [3.63, 3.8) is 0 Å².